The standard InChI is InChI=1S/C10H14ClNO2S/c1-7(2-5-10(13)14)12-6-8-3-4-9(11)15-8/h3-4,7,12H,2,5-6H2,1H3,(H,13,14). The minimum absolute atomic E-state index is 0.208. The first-order valence-electron chi connectivity index (χ1n) is 4.77. The molecule has 2 N–H and O–H groups in total. The average Bonchev–Trinajstić information content (AvgIpc) is 2.58. The summed E-state index contributed by atoms with van der Waals surface area (Å²) in [4.78, 5) is 11.5. The summed E-state index contributed by atoms with van der Waals surface area (Å²) >= 11 is 7.33. The topological polar surface area (TPSA) is 49.3 Å². The van der Waals surface area contributed by atoms with Crippen molar-refractivity contribution in [1.29, 1.82) is 0 Å². The van der Waals surface area contributed by atoms with Crippen LogP contribution in [0.4, 0.5) is 0 Å². The molecule has 0 aliphatic heterocycles. The first-order valence-corrected chi connectivity index (χ1v) is 5.97. The van der Waals surface area contributed by atoms with Gasteiger partial charge in [0.2, 0.25) is 0 Å². The van der Waals surface area contributed by atoms with E-state index in [2.05, 4.69) is 5.32 Å². The number of rotatable bonds is 6. The Bertz CT molecular complexity index is 327. The molecular formula is C10H14ClNO2S. The second-order valence-electron chi connectivity index (χ2n) is 3.42. The van der Waals surface area contributed by atoms with Crippen LogP contribution in [-0.4, -0.2) is 17.1 Å². The average molecular weight is 248 g/mol. The first-order chi connectivity index (χ1) is 7.08. The van der Waals surface area contributed by atoms with Crippen molar-refractivity contribution in [1.82, 2.24) is 5.32 Å². The summed E-state index contributed by atoms with van der Waals surface area (Å²) in [6, 6.07) is 4.05. The maximum atomic E-state index is 10.3. The fourth-order valence-corrected chi connectivity index (χ4v) is 2.20. The molecule has 15 heavy (non-hydrogen) atoms. The van der Waals surface area contributed by atoms with Gasteiger partial charge in [0.15, 0.2) is 0 Å². The van der Waals surface area contributed by atoms with Gasteiger partial charge in [-0.05, 0) is 25.5 Å². The Morgan fingerprint density at radius 3 is 2.93 bits per heavy atom. The van der Waals surface area contributed by atoms with Gasteiger partial charge in [-0.3, -0.25) is 4.79 Å². The molecule has 0 aliphatic rings. The summed E-state index contributed by atoms with van der Waals surface area (Å²) < 4.78 is 0.782. The van der Waals surface area contributed by atoms with Gasteiger partial charge < -0.3 is 10.4 Å². The van der Waals surface area contributed by atoms with Crippen LogP contribution in [0.5, 0.6) is 0 Å². The maximum absolute atomic E-state index is 10.3. The molecule has 1 aromatic rings. The fraction of sp³-hybridized carbons (Fsp3) is 0.500. The molecular weight excluding hydrogens is 234 g/mol. The molecule has 1 rings (SSSR count). The van der Waals surface area contributed by atoms with Gasteiger partial charge in [-0.25, -0.2) is 0 Å². The van der Waals surface area contributed by atoms with E-state index < -0.39 is 5.97 Å². The van der Waals surface area contributed by atoms with Gasteiger partial charge in [0, 0.05) is 23.9 Å². The van der Waals surface area contributed by atoms with Crippen LogP contribution >= 0.6 is 22.9 Å². The Labute approximate surface area is 98.1 Å². The molecule has 0 fully saturated rings. The highest BCUT2D eigenvalue weighted by molar-refractivity contribution is 7.16. The largest absolute Gasteiger partial charge is 0.481 e. The molecule has 0 bridgehead atoms. The van der Waals surface area contributed by atoms with Crippen molar-refractivity contribution in [2.45, 2.75) is 32.4 Å². The van der Waals surface area contributed by atoms with E-state index >= 15 is 0 Å². The quantitative estimate of drug-likeness (QED) is 0.813. The molecule has 84 valence electrons. The minimum atomic E-state index is -0.747. The summed E-state index contributed by atoms with van der Waals surface area (Å²) in [7, 11) is 0. The monoisotopic (exact) mass is 247 g/mol. The Kier molecular flexibility index (Phi) is 5.08. The summed E-state index contributed by atoms with van der Waals surface area (Å²) in [6.45, 7) is 2.73. The van der Waals surface area contributed by atoms with Gasteiger partial charge in [0.05, 0.1) is 4.34 Å². The van der Waals surface area contributed by atoms with E-state index in [4.69, 9.17) is 16.7 Å². The third-order valence-corrected chi connectivity index (χ3v) is 3.28. The van der Waals surface area contributed by atoms with E-state index in [1.54, 1.807) is 11.3 Å². The molecule has 0 spiro atoms. The fourth-order valence-electron chi connectivity index (χ4n) is 1.16. The third-order valence-electron chi connectivity index (χ3n) is 2.04. The van der Waals surface area contributed by atoms with Gasteiger partial charge in [0.1, 0.15) is 0 Å². The number of nitrogens with one attached hydrogen (secondary N) is 1. The minimum Gasteiger partial charge on any atom is -0.481 e. The first kappa shape index (κ1) is 12.5. The van der Waals surface area contributed by atoms with Crippen molar-refractivity contribution in [2.24, 2.45) is 0 Å². The highest BCUT2D eigenvalue weighted by Crippen LogP contribution is 2.21. The number of aliphatic carboxylic acids is 1. The lowest BCUT2D eigenvalue weighted by molar-refractivity contribution is -0.137. The van der Waals surface area contributed by atoms with E-state index in [1.165, 1.54) is 4.88 Å². The van der Waals surface area contributed by atoms with Crippen LogP contribution in [-0.2, 0) is 11.3 Å². The van der Waals surface area contributed by atoms with Crippen molar-refractivity contribution >= 4 is 28.9 Å². The van der Waals surface area contributed by atoms with Crippen LogP contribution in [0, 0.1) is 0 Å². The van der Waals surface area contributed by atoms with Gasteiger partial charge in [-0.2, -0.15) is 0 Å². The lowest BCUT2D eigenvalue weighted by Crippen LogP contribution is -2.25. The number of carbonyl (C=O) groups is 1. The molecule has 3 nitrogen and oxygen atoms in total. The molecule has 0 amide bonds. The van der Waals surface area contributed by atoms with Crippen molar-refractivity contribution in [3.05, 3.63) is 21.3 Å². The molecule has 0 saturated carbocycles. The van der Waals surface area contributed by atoms with Crippen molar-refractivity contribution in [3.63, 3.8) is 0 Å². The molecule has 5 heteroatoms. The van der Waals surface area contributed by atoms with Crippen LogP contribution in [0.3, 0.4) is 0 Å². The van der Waals surface area contributed by atoms with E-state index in [0.29, 0.717) is 6.42 Å². The van der Waals surface area contributed by atoms with Crippen LogP contribution in [0.2, 0.25) is 4.34 Å². The third kappa shape index (κ3) is 5.16. The smallest absolute Gasteiger partial charge is 0.303 e. The van der Waals surface area contributed by atoms with Crippen LogP contribution in [0.15, 0.2) is 12.1 Å². The molecule has 1 heterocycles. The molecule has 0 radical (unpaired) electrons. The number of carboxylic acids is 1. The highest BCUT2D eigenvalue weighted by Gasteiger charge is 2.05. The van der Waals surface area contributed by atoms with E-state index in [1.807, 2.05) is 19.1 Å². The number of hydrogen-bond donors (Lipinski definition) is 2. The normalized spacial score (nSPS) is 12.7. The highest BCUT2D eigenvalue weighted by atomic mass is 35.5. The predicted molar refractivity (Wildman–Crippen MR) is 62.5 cm³/mol. The zero-order chi connectivity index (χ0) is 11.3. The lowest BCUT2D eigenvalue weighted by atomic mass is 10.2. The van der Waals surface area contributed by atoms with Gasteiger partial charge in [0.25, 0.3) is 0 Å². The second-order valence-corrected chi connectivity index (χ2v) is 5.22. The number of halogens is 1. The Morgan fingerprint density at radius 1 is 1.67 bits per heavy atom. The molecule has 1 unspecified atom stereocenters. The lowest BCUT2D eigenvalue weighted by Gasteiger charge is -2.11. The van der Waals surface area contributed by atoms with Crippen LogP contribution in [0.1, 0.15) is 24.6 Å². The summed E-state index contributed by atoms with van der Waals surface area (Å²) in [5.74, 6) is -0.747. The van der Waals surface area contributed by atoms with Gasteiger partial charge in [-0.15, -0.1) is 11.3 Å². The second kappa shape index (κ2) is 6.10. The van der Waals surface area contributed by atoms with Crippen molar-refractivity contribution in [2.75, 3.05) is 0 Å². The Morgan fingerprint density at radius 2 is 2.40 bits per heavy atom. The van der Waals surface area contributed by atoms with E-state index in [9.17, 15) is 4.79 Å². The summed E-state index contributed by atoms with van der Waals surface area (Å²) in [5.41, 5.74) is 0. The van der Waals surface area contributed by atoms with Crippen LogP contribution < -0.4 is 5.32 Å². The number of thiophene rings is 1. The zero-order valence-electron chi connectivity index (χ0n) is 8.50. The summed E-state index contributed by atoms with van der Waals surface area (Å²) in [6.07, 6.45) is 0.855. The van der Waals surface area contributed by atoms with Crippen molar-refractivity contribution < 1.29 is 9.90 Å². The van der Waals surface area contributed by atoms with Crippen molar-refractivity contribution in [3.8, 4) is 0 Å². The molecule has 1 aromatic heterocycles. The molecule has 1 atom stereocenters. The molecule has 0 aliphatic carbocycles. The van der Waals surface area contributed by atoms with E-state index in [0.717, 1.165) is 10.9 Å². The summed E-state index contributed by atoms with van der Waals surface area (Å²) in [5, 5.41) is 11.8. The van der Waals surface area contributed by atoms with Crippen LogP contribution in [0.25, 0.3) is 0 Å². The number of hydrogen-bond acceptors (Lipinski definition) is 3. The SMILES string of the molecule is CC(CCC(=O)O)NCc1ccc(Cl)s1. The Hall–Kier alpha value is -0.580. The predicted octanol–water partition coefficient (Wildman–Crippen LogP) is 2.74. The Balaban J connectivity index is 2.22. The van der Waals surface area contributed by atoms with Gasteiger partial charge in [-0.1, -0.05) is 11.6 Å². The maximum Gasteiger partial charge on any atom is 0.303 e. The zero-order valence-corrected chi connectivity index (χ0v) is 10.1. The molecule has 0 saturated heterocycles. The number of carboxylic acid groups (broad SMARTS) is 1. The van der Waals surface area contributed by atoms with E-state index in [-0.39, 0.29) is 12.5 Å². The molecule has 0 aromatic carbocycles. The van der Waals surface area contributed by atoms with Gasteiger partial charge >= 0.3 is 5.97 Å².